The quantitative estimate of drug-likeness (QED) is 0.560. The van der Waals surface area contributed by atoms with E-state index in [4.69, 9.17) is 17.0 Å². The zero-order valence-electron chi connectivity index (χ0n) is 13.6. The van der Waals surface area contributed by atoms with Crippen molar-refractivity contribution in [3.63, 3.8) is 0 Å². The number of aromatic amines is 1. The van der Waals surface area contributed by atoms with Gasteiger partial charge < -0.3 is 4.74 Å². The molecule has 1 heterocycles. The standard InChI is InChI=1S/C18H18N4OS/c1-3-23-16-10-6-14(7-11-16)12-19-22-17(20-21-18(22)24)15-8-4-13(2)5-9-15/h4-12H,3H2,1-2H3,(H,21,24). The number of hydrogen-bond acceptors (Lipinski definition) is 4. The Balaban J connectivity index is 1.88. The minimum Gasteiger partial charge on any atom is -0.494 e. The van der Waals surface area contributed by atoms with Crippen LogP contribution in [0, 0.1) is 11.7 Å². The molecule has 0 saturated carbocycles. The second-order valence-electron chi connectivity index (χ2n) is 5.28. The molecular formula is C18H18N4OS. The highest BCUT2D eigenvalue weighted by atomic mass is 32.1. The Morgan fingerprint density at radius 3 is 2.54 bits per heavy atom. The number of aryl methyl sites for hydroxylation is 1. The van der Waals surface area contributed by atoms with Crippen molar-refractivity contribution in [3.8, 4) is 17.1 Å². The van der Waals surface area contributed by atoms with E-state index >= 15 is 0 Å². The van der Waals surface area contributed by atoms with E-state index in [0.29, 0.717) is 17.2 Å². The van der Waals surface area contributed by atoms with Gasteiger partial charge in [0, 0.05) is 5.56 Å². The van der Waals surface area contributed by atoms with Crippen LogP contribution in [-0.2, 0) is 0 Å². The molecule has 0 fully saturated rings. The highest BCUT2D eigenvalue weighted by Gasteiger charge is 2.07. The first-order chi connectivity index (χ1) is 11.7. The SMILES string of the molecule is CCOc1ccc(C=Nn2c(-c3ccc(C)cc3)n[nH]c2=S)cc1. The number of nitrogens with one attached hydrogen (secondary N) is 1. The maximum atomic E-state index is 5.44. The largest absolute Gasteiger partial charge is 0.494 e. The molecule has 5 nitrogen and oxygen atoms in total. The second kappa shape index (κ2) is 7.23. The normalized spacial score (nSPS) is 11.1. The third-order valence-corrected chi connectivity index (χ3v) is 3.74. The van der Waals surface area contributed by atoms with Crippen LogP contribution < -0.4 is 4.74 Å². The van der Waals surface area contributed by atoms with Gasteiger partial charge in [0.2, 0.25) is 4.77 Å². The third-order valence-electron chi connectivity index (χ3n) is 3.47. The van der Waals surface area contributed by atoms with Crippen LogP contribution in [0.2, 0.25) is 0 Å². The monoisotopic (exact) mass is 338 g/mol. The van der Waals surface area contributed by atoms with Crippen molar-refractivity contribution in [1.82, 2.24) is 14.9 Å². The molecule has 122 valence electrons. The molecular weight excluding hydrogens is 320 g/mol. The van der Waals surface area contributed by atoms with Crippen LogP contribution in [0.1, 0.15) is 18.1 Å². The summed E-state index contributed by atoms with van der Waals surface area (Å²) in [6.07, 6.45) is 1.75. The van der Waals surface area contributed by atoms with E-state index in [-0.39, 0.29) is 0 Å². The van der Waals surface area contributed by atoms with Crippen molar-refractivity contribution in [1.29, 1.82) is 0 Å². The Morgan fingerprint density at radius 1 is 1.17 bits per heavy atom. The maximum absolute atomic E-state index is 5.44. The van der Waals surface area contributed by atoms with E-state index in [1.54, 1.807) is 10.9 Å². The summed E-state index contributed by atoms with van der Waals surface area (Å²) in [5.74, 6) is 1.53. The molecule has 0 atom stereocenters. The summed E-state index contributed by atoms with van der Waals surface area (Å²) in [6, 6.07) is 15.8. The third kappa shape index (κ3) is 3.60. The van der Waals surface area contributed by atoms with Gasteiger partial charge in [0.1, 0.15) is 5.75 Å². The average molecular weight is 338 g/mol. The molecule has 0 aliphatic rings. The van der Waals surface area contributed by atoms with Gasteiger partial charge >= 0.3 is 0 Å². The summed E-state index contributed by atoms with van der Waals surface area (Å²) in [5.41, 5.74) is 3.10. The molecule has 0 aliphatic carbocycles. The molecule has 1 N–H and O–H groups in total. The lowest BCUT2D eigenvalue weighted by molar-refractivity contribution is 0.340. The maximum Gasteiger partial charge on any atom is 0.216 e. The molecule has 0 saturated heterocycles. The van der Waals surface area contributed by atoms with Gasteiger partial charge in [-0.25, -0.2) is 5.10 Å². The predicted molar refractivity (Wildman–Crippen MR) is 98.2 cm³/mol. The van der Waals surface area contributed by atoms with Crippen LogP contribution in [0.25, 0.3) is 11.4 Å². The molecule has 0 aliphatic heterocycles. The van der Waals surface area contributed by atoms with Gasteiger partial charge in [-0.15, -0.1) is 0 Å². The fraction of sp³-hybridized carbons (Fsp3) is 0.167. The van der Waals surface area contributed by atoms with Gasteiger partial charge in [0.05, 0.1) is 12.8 Å². The van der Waals surface area contributed by atoms with Crippen LogP contribution >= 0.6 is 12.2 Å². The molecule has 0 spiro atoms. The lowest BCUT2D eigenvalue weighted by atomic mass is 10.1. The predicted octanol–water partition coefficient (Wildman–Crippen LogP) is 4.20. The number of aromatic nitrogens is 3. The first-order valence-corrected chi connectivity index (χ1v) is 8.10. The zero-order chi connectivity index (χ0) is 16.9. The zero-order valence-corrected chi connectivity index (χ0v) is 14.4. The van der Waals surface area contributed by atoms with Crippen LogP contribution in [0.5, 0.6) is 5.75 Å². The van der Waals surface area contributed by atoms with E-state index < -0.39 is 0 Å². The molecule has 0 radical (unpaired) electrons. The minimum atomic E-state index is 0.452. The van der Waals surface area contributed by atoms with Crippen molar-refractivity contribution < 1.29 is 4.74 Å². The van der Waals surface area contributed by atoms with Gasteiger partial charge in [0.15, 0.2) is 5.82 Å². The van der Waals surface area contributed by atoms with Gasteiger partial charge in [0.25, 0.3) is 0 Å². The molecule has 6 heteroatoms. The van der Waals surface area contributed by atoms with E-state index in [9.17, 15) is 0 Å². The van der Waals surface area contributed by atoms with Gasteiger partial charge in [-0.05, 0) is 55.9 Å². The fourth-order valence-electron chi connectivity index (χ4n) is 2.23. The summed E-state index contributed by atoms with van der Waals surface area (Å²) < 4.78 is 7.51. The molecule has 1 aromatic heterocycles. The average Bonchev–Trinajstić information content (AvgIpc) is 2.96. The smallest absolute Gasteiger partial charge is 0.216 e. The van der Waals surface area contributed by atoms with Crippen LogP contribution in [0.15, 0.2) is 53.6 Å². The number of ether oxygens (including phenoxy) is 1. The molecule has 0 bridgehead atoms. The molecule has 24 heavy (non-hydrogen) atoms. The molecule has 2 aromatic carbocycles. The van der Waals surface area contributed by atoms with Crippen molar-refractivity contribution in [2.24, 2.45) is 5.10 Å². The Bertz CT molecular complexity index is 892. The molecule has 3 aromatic rings. The van der Waals surface area contributed by atoms with Crippen molar-refractivity contribution in [3.05, 3.63) is 64.4 Å². The lowest BCUT2D eigenvalue weighted by Crippen LogP contribution is -1.95. The van der Waals surface area contributed by atoms with E-state index in [1.165, 1.54) is 5.56 Å². The van der Waals surface area contributed by atoms with Gasteiger partial charge in [-0.3, -0.25) is 0 Å². The first kappa shape index (κ1) is 16.1. The van der Waals surface area contributed by atoms with Crippen molar-refractivity contribution in [2.75, 3.05) is 6.61 Å². The Morgan fingerprint density at radius 2 is 1.88 bits per heavy atom. The van der Waals surface area contributed by atoms with E-state index in [1.807, 2.05) is 62.4 Å². The second-order valence-corrected chi connectivity index (χ2v) is 5.66. The van der Waals surface area contributed by atoms with Crippen LogP contribution in [-0.4, -0.2) is 27.7 Å². The lowest BCUT2D eigenvalue weighted by Gasteiger charge is -2.03. The van der Waals surface area contributed by atoms with Crippen molar-refractivity contribution in [2.45, 2.75) is 13.8 Å². The number of benzene rings is 2. The summed E-state index contributed by atoms with van der Waals surface area (Å²) in [4.78, 5) is 0. The Labute approximate surface area is 145 Å². The molecule has 0 amide bonds. The minimum absolute atomic E-state index is 0.452. The van der Waals surface area contributed by atoms with E-state index in [2.05, 4.69) is 15.3 Å². The summed E-state index contributed by atoms with van der Waals surface area (Å²) in [6.45, 7) is 4.66. The Kier molecular flexibility index (Phi) is 4.86. The molecule has 3 rings (SSSR count). The highest BCUT2D eigenvalue weighted by molar-refractivity contribution is 7.71. The van der Waals surface area contributed by atoms with Crippen molar-refractivity contribution >= 4 is 18.4 Å². The highest BCUT2D eigenvalue weighted by Crippen LogP contribution is 2.18. The van der Waals surface area contributed by atoms with E-state index in [0.717, 1.165) is 16.9 Å². The van der Waals surface area contributed by atoms with Crippen LogP contribution in [0.3, 0.4) is 0 Å². The summed E-state index contributed by atoms with van der Waals surface area (Å²) >= 11 is 5.28. The first-order valence-electron chi connectivity index (χ1n) is 7.69. The van der Waals surface area contributed by atoms with Gasteiger partial charge in [-0.2, -0.15) is 14.9 Å². The van der Waals surface area contributed by atoms with Gasteiger partial charge in [-0.1, -0.05) is 29.8 Å². The fourth-order valence-corrected chi connectivity index (χ4v) is 2.41. The van der Waals surface area contributed by atoms with Crippen LogP contribution in [0.4, 0.5) is 0 Å². The summed E-state index contributed by atoms with van der Waals surface area (Å²) in [5, 5.41) is 11.5. The number of hydrogen-bond donors (Lipinski definition) is 1. The number of nitrogens with zero attached hydrogens (tertiary/aromatic N) is 3. The topological polar surface area (TPSA) is 55.2 Å². The number of H-pyrrole nitrogens is 1. The molecule has 0 unspecified atom stereocenters. The summed E-state index contributed by atoms with van der Waals surface area (Å²) in [7, 11) is 0. The Hall–Kier alpha value is -2.73. The number of rotatable bonds is 5.